The summed E-state index contributed by atoms with van der Waals surface area (Å²) in [5, 5.41) is 7.93. The molecule has 2 aromatic rings. The van der Waals surface area contributed by atoms with Gasteiger partial charge in [-0.1, -0.05) is 17.7 Å². The second-order valence-electron chi connectivity index (χ2n) is 4.23. The van der Waals surface area contributed by atoms with Crippen molar-refractivity contribution in [1.82, 2.24) is 10.2 Å². The number of carbonyl (C=O) groups is 2. The summed E-state index contributed by atoms with van der Waals surface area (Å²) in [7, 11) is 0. The van der Waals surface area contributed by atoms with Crippen molar-refractivity contribution < 1.29 is 18.4 Å². The number of anilines is 1. The number of benzene rings is 1. The van der Waals surface area contributed by atoms with E-state index in [2.05, 4.69) is 15.5 Å². The molecule has 21 heavy (non-hydrogen) atoms. The number of nitrogens with one attached hydrogen (secondary N) is 2. The van der Waals surface area contributed by atoms with Gasteiger partial charge in [0.1, 0.15) is 16.4 Å². The van der Waals surface area contributed by atoms with Crippen molar-refractivity contribution in [3.63, 3.8) is 0 Å². The molecule has 1 aromatic heterocycles. The minimum absolute atomic E-state index is 0.0173. The molecule has 0 spiro atoms. The predicted octanol–water partition coefficient (Wildman–Crippen LogP) is 2.63. The van der Waals surface area contributed by atoms with Gasteiger partial charge in [-0.3, -0.25) is 14.7 Å². The predicted molar refractivity (Wildman–Crippen MR) is 70.1 cm³/mol. The summed E-state index contributed by atoms with van der Waals surface area (Å²) in [4.78, 5) is 24.2. The highest BCUT2D eigenvalue weighted by atomic mass is 35.5. The van der Waals surface area contributed by atoms with E-state index in [1.807, 2.05) is 0 Å². The Balaban J connectivity index is 2.06. The van der Waals surface area contributed by atoms with Crippen LogP contribution in [0, 0.1) is 11.6 Å². The second-order valence-corrected chi connectivity index (χ2v) is 4.61. The van der Waals surface area contributed by atoms with E-state index in [0.29, 0.717) is 0 Å². The van der Waals surface area contributed by atoms with Crippen LogP contribution in [0.4, 0.5) is 14.5 Å². The van der Waals surface area contributed by atoms with Gasteiger partial charge in [-0.05, 0) is 12.1 Å². The quantitative estimate of drug-likeness (QED) is 0.894. The van der Waals surface area contributed by atoms with Gasteiger partial charge in [0.2, 0.25) is 11.6 Å². The molecular formula is C13H6ClF2N3O2. The SMILES string of the molecule is O=C1C(Nc2cccc(F)c2F)=C(Cl)C(=O)c2[nH]ncc21. The molecule has 1 heterocycles. The van der Waals surface area contributed by atoms with Gasteiger partial charge < -0.3 is 5.32 Å². The molecule has 0 atom stereocenters. The van der Waals surface area contributed by atoms with Crippen molar-refractivity contribution in [2.75, 3.05) is 5.32 Å². The Hall–Kier alpha value is -2.54. The van der Waals surface area contributed by atoms with Gasteiger partial charge in [-0.2, -0.15) is 5.10 Å². The van der Waals surface area contributed by atoms with Crippen molar-refractivity contribution in [3.8, 4) is 0 Å². The third-order valence-electron chi connectivity index (χ3n) is 2.97. The average Bonchev–Trinajstić information content (AvgIpc) is 2.95. The molecule has 5 nitrogen and oxygen atoms in total. The highest BCUT2D eigenvalue weighted by Crippen LogP contribution is 2.29. The van der Waals surface area contributed by atoms with E-state index in [9.17, 15) is 18.4 Å². The Labute approximate surface area is 121 Å². The van der Waals surface area contributed by atoms with E-state index in [4.69, 9.17) is 11.6 Å². The largest absolute Gasteiger partial charge is 0.348 e. The molecule has 1 aromatic carbocycles. The number of ketones is 2. The molecular weight excluding hydrogens is 304 g/mol. The maximum atomic E-state index is 13.6. The van der Waals surface area contributed by atoms with E-state index in [0.717, 1.165) is 6.07 Å². The van der Waals surface area contributed by atoms with Crippen LogP contribution in [0.15, 0.2) is 35.1 Å². The van der Waals surface area contributed by atoms with Crippen molar-refractivity contribution >= 4 is 28.9 Å². The van der Waals surface area contributed by atoms with Gasteiger partial charge in [0.15, 0.2) is 11.6 Å². The van der Waals surface area contributed by atoms with Crippen molar-refractivity contribution in [1.29, 1.82) is 0 Å². The average molecular weight is 310 g/mol. The van der Waals surface area contributed by atoms with Crippen LogP contribution in [-0.4, -0.2) is 21.8 Å². The molecule has 0 amide bonds. The van der Waals surface area contributed by atoms with Crippen molar-refractivity contribution in [2.45, 2.75) is 0 Å². The smallest absolute Gasteiger partial charge is 0.225 e. The number of H-pyrrole nitrogens is 1. The Bertz CT molecular complexity index is 813. The fraction of sp³-hybridized carbons (Fsp3) is 0. The van der Waals surface area contributed by atoms with Crippen LogP contribution in [0.25, 0.3) is 0 Å². The molecule has 1 aliphatic rings. The highest BCUT2D eigenvalue weighted by Gasteiger charge is 2.33. The number of halogens is 3. The first kappa shape index (κ1) is 13.4. The minimum atomic E-state index is -1.17. The lowest BCUT2D eigenvalue weighted by Gasteiger charge is -2.16. The zero-order valence-electron chi connectivity index (χ0n) is 10.2. The van der Waals surface area contributed by atoms with E-state index in [1.165, 1.54) is 18.3 Å². The van der Waals surface area contributed by atoms with Gasteiger partial charge in [0.25, 0.3) is 0 Å². The van der Waals surface area contributed by atoms with E-state index in [-0.39, 0.29) is 22.6 Å². The van der Waals surface area contributed by atoms with Crippen LogP contribution in [0.1, 0.15) is 20.8 Å². The topological polar surface area (TPSA) is 74.8 Å². The molecule has 0 aliphatic heterocycles. The molecule has 0 radical (unpaired) electrons. The first-order valence-corrected chi connectivity index (χ1v) is 6.12. The van der Waals surface area contributed by atoms with Crippen LogP contribution in [0.5, 0.6) is 0 Å². The first-order chi connectivity index (χ1) is 10.0. The highest BCUT2D eigenvalue weighted by molar-refractivity contribution is 6.50. The van der Waals surface area contributed by atoms with Crippen LogP contribution < -0.4 is 5.32 Å². The molecule has 8 heteroatoms. The van der Waals surface area contributed by atoms with Gasteiger partial charge in [0, 0.05) is 0 Å². The fourth-order valence-corrected chi connectivity index (χ4v) is 2.16. The Morgan fingerprint density at radius 2 is 1.95 bits per heavy atom. The van der Waals surface area contributed by atoms with Gasteiger partial charge in [0.05, 0.1) is 17.4 Å². The zero-order chi connectivity index (χ0) is 15.1. The Morgan fingerprint density at radius 3 is 2.71 bits per heavy atom. The molecule has 1 aliphatic carbocycles. The lowest BCUT2D eigenvalue weighted by Crippen LogP contribution is -2.24. The summed E-state index contributed by atoms with van der Waals surface area (Å²) >= 11 is 5.84. The number of allylic oxidation sites excluding steroid dienone is 2. The van der Waals surface area contributed by atoms with Crippen LogP contribution in [0.2, 0.25) is 0 Å². The van der Waals surface area contributed by atoms with Crippen molar-refractivity contribution in [2.24, 2.45) is 0 Å². The number of hydrogen-bond acceptors (Lipinski definition) is 4. The number of nitrogens with zero attached hydrogens (tertiary/aromatic N) is 1. The summed E-state index contributed by atoms with van der Waals surface area (Å²) < 4.78 is 26.8. The van der Waals surface area contributed by atoms with Crippen LogP contribution in [-0.2, 0) is 0 Å². The number of rotatable bonds is 2. The van der Waals surface area contributed by atoms with E-state index < -0.39 is 28.2 Å². The third kappa shape index (κ3) is 2.02. The lowest BCUT2D eigenvalue weighted by molar-refractivity contribution is 0.0979. The lowest BCUT2D eigenvalue weighted by atomic mass is 9.99. The van der Waals surface area contributed by atoms with Gasteiger partial charge in [-0.25, -0.2) is 8.78 Å². The number of hydrogen-bond donors (Lipinski definition) is 2. The van der Waals surface area contributed by atoms with Crippen LogP contribution >= 0.6 is 11.6 Å². The summed E-state index contributed by atoms with van der Waals surface area (Å²) in [6, 6.07) is 3.41. The molecule has 2 N–H and O–H groups in total. The summed E-state index contributed by atoms with van der Waals surface area (Å²) in [5.74, 6) is -3.54. The molecule has 3 rings (SSSR count). The number of aromatic amines is 1. The normalized spacial score (nSPS) is 14.4. The first-order valence-electron chi connectivity index (χ1n) is 5.74. The monoisotopic (exact) mass is 309 g/mol. The van der Waals surface area contributed by atoms with Crippen LogP contribution in [0.3, 0.4) is 0 Å². The summed E-state index contributed by atoms with van der Waals surface area (Å²) in [5.41, 5.74) is -0.629. The second kappa shape index (κ2) is 4.78. The standard InChI is InChI=1S/C13H6ClF2N3O2/c14-8-11(18-7-3-1-2-6(15)9(7)16)12(20)5-4-17-19-10(5)13(8)21/h1-4,18H,(H,17,19). The number of fused-ring (bicyclic) bond motifs is 1. The molecule has 0 saturated heterocycles. The Morgan fingerprint density at radius 1 is 1.19 bits per heavy atom. The maximum Gasteiger partial charge on any atom is 0.225 e. The van der Waals surface area contributed by atoms with E-state index >= 15 is 0 Å². The molecule has 0 fully saturated rings. The Kier molecular flexibility index (Phi) is 3.06. The summed E-state index contributed by atoms with van der Waals surface area (Å²) in [6.07, 6.45) is 1.17. The number of Topliss-reactive ketones (excluding diaryl/α,β-unsaturated/α-hetero) is 2. The van der Waals surface area contributed by atoms with Crippen molar-refractivity contribution in [3.05, 3.63) is 58.0 Å². The van der Waals surface area contributed by atoms with Gasteiger partial charge >= 0.3 is 0 Å². The zero-order valence-corrected chi connectivity index (χ0v) is 11.0. The molecule has 0 unspecified atom stereocenters. The number of aromatic nitrogens is 2. The maximum absolute atomic E-state index is 13.6. The number of carbonyl (C=O) groups excluding carboxylic acids is 2. The minimum Gasteiger partial charge on any atom is -0.348 e. The molecule has 106 valence electrons. The van der Waals surface area contributed by atoms with Gasteiger partial charge in [-0.15, -0.1) is 0 Å². The van der Waals surface area contributed by atoms with E-state index in [1.54, 1.807) is 0 Å². The summed E-state index contributed by atoms with van der Waals surface area (Å²) in [6.45, 7) is 0. The third-order valence-corrected chi connectivity index (χ3v) is 3.33. The molecule has 0 bridgehead atoms. The fourth-order valence-electron chi connectivity index (χ4n) is 1.94. The molecule has 0 saturated carbocycles.